The van der Waals surface area contributed by atoms with Crippen LogP contribution in [0.25, 0.3) is 11.1 Å². The number of carbonyl (C=O) groups is 2. The van der Waals surface area contributed by atoms with E-state index in [1.54, 1.807) is 24.4 Å². The summed E-state index contributed by atoms with van der Waals surface area (Å²) in [7, 11) is 5.37. The number of likely N-dealkylation sites (N-methyl/N-ethyl adjacent to an activating group) is 1. The van der Waals surface area contributed by atoms with Gasteiger partial charge in [-0.15, -0.1) is 0 Å². The maximum absolute atomic E-state index is 14.1. The largest absolute Gasteiger partial charge is 0.494 e. The molecule has 0 radical (unpaired) electrons. The molecule has 13 heteroatoms. The summed E-state index contributed by atoms with van der Waals surface area (Å²) in [4.78, 5) is 38.0. The van der Waals surface area contributed by atoms with Gasteiger partial charge in [-0.05, 0) is 55.3 Å². The molecule has 252 valence electrons. The third-order valence-electron chi connectivity index (χ3n) is 8.97. The highest BCUT2D eigenvalue weighted by Gasteiger charge is 2.26. The number of anilines is 2. The number of imidazole rings is 1. The molecule has 1 fully saturated rings. The van der Waals surface area contributed by atoms with Crippen molar-refractivity contribution in [3.63, 3.8) is 0 Å². The van der Waals surface area contributed by atoms with Crippen LogP contribution in [-0.2, 0) is 31.3 Å². The molecule has 2 amide bonds. The molecule has 2 aliphatic rings. The minimum atomic E-state index is -1.08. The Balaban J connectivity index is 1.18. The average Bonchev–Trinajstić information content (AvgIpc) is 3.41. The Hall–Kier alpha value is -4.36. The van der Waals surface area contributed by atoms with Crippen molar-refractivity contribution >= 4 is 34.8 Å². The molecule has 4 aromatic rings. The molecule has 0 spiro atoms. The van der Waals surface area contributed by atoms with Crippen LogP contribution in [0.3, 0.4) is 0 Å². The molecule has 3 N–H and O–H groups in total. The lowest BCUT2D eigenvalue weighted by molar-refractivity contribution is 0.0135. The summed E-state index contributed by atoms with van der Waals surface area (Å²) in [5, 5.41) is 9.47. The summed E-state index contributed by atoms with van der Waals surface area (Å²) in [6.07, 6.45) is 1.92. The molecule has 48 heavy (non-hydrogen) atoms. The number of methoxy groups -OCH3 is 1. The lowest BCUT2D eigenvalue weighted by atomic mass is 9.98. The number of carbonyl (C=O) groups excluding carboxylic acids is 2. The maximum Gasteiger partial charge on any atom is 0.291 e. The van der Waals surface area contributed by atoms with E-state index in [-0.39, 0.29) is 24.2 Å². The summed E-state index contributed by atoms with van der Waals surface area (Å²) < 4.78 is 26.7. The summed E-state index contributed by atoms with van der Waals surface area (Å²) in [6.45, 7) is 4.46. The van der Waals surface area contributed by atoms with Crippen LogP contribution in [0.5, 0.6) is 5.75 Å². The van der Waals surface area contributed by atoms with E-state index in [0.29, 0.717) is 59.7 Å². The second-order valence-electron chi connectivity index (χ2n) is 12.2. The van der Waals surface area contributed by atoms with E-state index in [1.807, 2.05) is 49.9 Å². The van der Waals surface area contributed by atoms with Crippen molar-refractivity contribution < 1.29 is 23.5 Å². The van der Waals surface area contributed by atoms with Gasteiger partial charge >= 0.3 is 0 Å². The van der Waals surface area contributed by atoms with Crippen molar-refractivity contribution in [2.45, 2.75) is 45.1 Å². The van der Waals surface area contributed by atoms with E-state index >= 15 is 0 Å². The number of hydrogen-bond acceptors (Lipinski definition) is 8. The second-order valence-corrected chi connectivity index (χ2v) is 12.6. The first-order valence-electron chi connectivity index (χ1n) is 15.9. The Bertz CT molecular complexity index is 1850. The summed E-state index contributed by atoms with van der Waals surface area (Å²) in [6, 6.07) is 12.4. The molecule has 2 aromatic carbocycles. The zero-order valence-corrected chi connectivity index (χ0v) is 28.2. The number of nitrogens with one attached hydrogen (secondary N) is 3. The maximum atomic E-state index is 14.1. The summed E-state index contributed by atoms with van der Waals surface area (Å²) in [5.41, 5.74) is 6.12. The SMILES string of the molecule is COc1cc(CN[C@@H]2CCOC[C@@H]2F)cnc1C(=O)Nc1cccc(-c2cccc(NC(=O)c3nc4c(n3C)CCN(C)C4)c2Cl)c1C. The highest BCUT2D eigenvalue weighted by molar-refractivity contribution is 6.36. The molecule has 11 nitrogen and oxygen atoms in total. The molecule has 6 rings (SSSR count). The van der Waals surface area contributed by atoms with Crippen molar-refractivity contribution in [1.29, 1.82) is 0 Å². The Kier molecular flexibility index (Phi) is 10.1. The Morgan fingerprint density at radius 2 is 1.85 bits per heavy atom. The monoisotopic (exact) mass is 675 g/mol. The van der Waals surface area contributed by atoms with Gasteiger partial charge in [0, 0.05) is 68.9 Å². The average molecular weight is 676 g/mol. The highest BCUT2D eigenvalue weighted by atomic mass is 35.5. The van der Waals surface area contributed by atoms with Gasteiger partial charge in [-0.2, -0.15) is 0 Å². The molecule has 2 aromatic heterocycles. The number of ether oxygens (including phenoxy) is 2. The van der Waals surface area contributed by atoms with Crippen LogP contribution in [0.2, 0.25) is 5.02 Å². The van der Waals surface area contributed by atoms with E-state index in [4.69, 9.17) is 21.1 Å². The second kappa shape index (κ2) is 14.4. The number of aromatic nitrogens is 3. The van der Waals surface area contributed by atoms with Gasteiger partial charge in [0.05, 0.1) is 30.1 Å². The van der Waals surface area contributed by atoms with Crippen molar-refractivity contribution in [2.75, 3.05) is 44.5 Å². The normalized spacial score (nSPS) is 17.9. The number of alkyl halides is 1. The fraction of sp³-hybridized carbons (Fsp3) is 0.371. The third-order valence-corrected chi connectivity index (χ3v) is 9.38. The van der Waals surface area contributed by atoms with E-state index < -0.39 is 12.1 Å². The predicted molar refractivity (Wildman–Crippen MR) is 183 cm³/mol. The number of halogens is 2. The van der Waals surface area contributed by atoms with Crippen LogP contribution >= 0.6 is 11.6 Å². The predicted octanol–water partition coefficient (Wildman–Crippen LogP) is 5.16. The van der Waals surface area contributed by atoms with Crippen LogP contribution < -0.4 is 20.7 Å². The van der Waals surface area contributed by atoms with Gasteiger partial charge < -0.3 is 34.9 Å². The van der Waals surface area contributed by atoms with Gasteiger partial charge in [0.1, 0.15) is 6.17 Å². The molecular formula is C35H39ClFN7O4. The fourth-order valence-electron chi connectivity index (χ4n) is 6.21. The Morgan fingerprint density at radius 1 is 1.10 bits per heavy atom. The summed E-state index contributed by atoms with van der Waals surface area (Å²) >= 11 is 6.90. The number of fused-ring (bicyclic) bond motifs is 1. The van der Waals surface area contributed by atoms with E-state index in [1.165, 1.54) is 7.11 Å². The van der Waals surface area contributed by atoms with Gasteiger partial charge in [0.2, 0.25) is 0 Å². The molecular weight excluding hydrogens is 637 g/mol. The van der Waals surface area contributed by atoms with E-state index in [2.05, 4.69) is 30.8 Å². The van der Waals surface area contributed by atoms with Gasteiger partial charge in [0.25, 0.3) is 11.8 Å². The Morgan fingerprint density at radius 3 is 2.62 bits per heavy atom. The minimum Gasteiger partial charge on any atom is -0.494 e. The number of pyridine rings is 1. The molecule has 0 bridgehead atoms. The van der Waals surface area contributed by atoms with Crippen molar-refractivity contribution in [2.24, 2.45) is 7.05 Å². The topological polar surface area (TPSA) is 123 Å². The van der Waals surface area contributed by atoms with Crippen LogP contribution in [0, 0.1) is 6.92 Å². The van der Waals surface area contributed by atoms with Crippen LogP contribution in [0.4, 0.5) is 15.8 Å². The summed E-state index contributed by atoms with van der Waals surface area (Å²) in [5.74, 6) is -0.157. The van der Waals surface area contributed by atoms with E-state index in [0.717, 1.165) is 41.0 Å². The Labute approximate surface area is 283 Å². The van der Waals surface area contributed by atoms with Gasteiger partial charge in [-0.25, -0.2) is 14.4 Å². The number of benzene rings is 2. The minimum absolute atomic E-state index is 0.0821. The number of rotatable bonds is 9. The molecule has 0 unspecified atom stereocenters. The molecule has 4 heterocycles. The molecule has 2 atom stereocenters. The number of hydrogen-bond donors (Lipinski definition) is 3. The fourth-order valence-corrected chi connectivity index (χ4v) is 6.49. The zero-order valence-electron chi connectivity index (χ0n) is 27.4. The lowest BCUT2D eigenvalue weighted by Gasteiger charge is -2.27. The standard InChI is InChI=1S/C35H39ClFN7O4/c1-20-22(23-8-6-10-27(31(23)36)42-35(46)33-40-28-18-43(2)13-11-29(28)44(33)3)7-5-9-25(20)41-34(45)32-30(47-4)15-21(17-39-32)16-38-26-12-14-48-19-24(26)37/h5-10,15,17,24,26,38H,11-14,16,18-19H2,1-4H3,(H,41,45)(H,42,46)/t24-,26+/m0/s1. The molecule has 0 saturated carbocycles. The smallest absolute Gasteiger partial charge is 0.291 e. The molecule has 1 saturated heterocycles. The quantitative estimate of drug-likeness (QED) is 0.222. The van der Waals surface area contributed by atoms with Crippen LogP contribution in [0.15, 0.2) is 48.7 Å². The van der Waals surface area contributed by atoms with Gasteiger partial charge in [0.15, 0.2) is 17.3 Å². The first-order chi connectivity index (χ1) is 23.1. The first-order valence-corrected chi connectivity index (χ1v) is 16.2. The van der Waals surface area contributed by atoms with E-state index in [9.17, 15) is 14.0 Å². The van der Waals surface area contributed by atoms with Crippen molar-refractivity contribution in [3.8, 4) is 16.9 Å². The highest BCUT2D eigenvalue weighted by Crippen LogP contribution is 2.38. The third kappa shape index (κ3) is 6.93. The van der Waals surface area contributed by atoms with Crippen LogP contribution in [-0.4, -0.2) is 77.4 Å². The van der Waals surface area contributed by atoms with Gasteiger partial charge in [-0.3, -0.25) is 9.59 Å². The molecule has 0 aliphatic carbocycles. The zero-order chi connectivity index (χ0) is 33.9. The number of amides is 2. The first kappa shape index (κ1) is 33.5. The number of nitrogens with zero attached hydrogens (tertiary/aromatic N) is 4. The lowest BCUT2D eigenvalue weighted by Crippen LogP contribution is -2.43. The van der Waals surface area contributed by atoms with Crippen molar-refractivity contribution in [1.82, 2.24) is 24.8 Å². The van der Waals surface area contributed by atoms with Crippen molar-refractivity contribution in [3.05, 3.63) is 87.7 Å². The van der Waals surface area contributed by atoms with Gasteiger partial charge in [-0.1, -0.05) is 35.9 Å². The van der Waals surface area contributed by atoms with Crippen LogP contribution in [0.1, 0.15) is 50.0 Å². The molecule has 2 aliphatic heterocycles.